The third-order valence-corrected chi connectivity index (χ3v) is 1.74. The first-order valence-electron chi connectivity index (χ1n) is 4.17. The van der Waals surface area contributed by atoms with Crippen molar-refractivity contribution < 1.29 is 9.90 Å². The highest BCUT2D eigenvalue weighted by atomic mass is 35.5. The van der Waals surface area contributed by atoms with Gasteiger partial charge in [0.2, 0.25) is 0 Å². The second kappa shape index (κ2) is 4.93. The van der Waals surface area contributed by atoms with Crippen LogP contribution in [0.25, 0.3) is 0 Å². The van der Waals surface area contributed by atoms with Gasteiger partial charge in [0.1, 0.15) is 5.69 Å². The summed E-state index contributed by atoms with van der Waals surface area (Å²) in [6.07, 6.45) is 0.838. The van der Waals surface area contributed by atoms with Gasteiger partial charge < -0.3 is 10.4 Å². The topological polar surface area (TPSA) is 62.2 Å². The Morgan fingerprint density at radius 2 is 2.43 bits per heavy atom. The zero-order chi connectivity index (χ0) is 10.6. The normalized spacial score (nSPS) is 12.2. The summed E-state index contributed by atoms with van der Waals surface area (Å²) < 4.78 is 0. The van der Waals surface area contributed by atoms with Crippen LogP contribution in [-0.2, 0) is 0 Å². The van der Waals surface area contributed by atoms with Gasteiger partial charge in [0.15, 0.2) is 0 Å². The van der Waals surface area contributed by atoms with E-state index in [2.05, 4.69) is 10.3 Å². The molecule has 0 aromatic carbocycles. The van der Waals surface area contributed by atoms with E-state index in [-0.39, 0.29) is 18.1 Å². The second-order valence-corrected chi connectivity index (χ2v) is 3.36. The fourth-order valence-electron chi connectivity index (χ4n) is 0.841. The smallest absolute Gasteiger partial charge is 0.269 e. The Morgan fingerprint density at radius 1 is 1.71 bits per heavy atom. The average Bonchev–Trinajstić information content (AvgIpc) is 2.15. The lowest BCUT2D eigenvalue weighted by Crippen LogP contribution is -2.31. The summed E-state index contributed by atoms with van der Waals surface area (Å²) in [5.41, 5.74) is 0.287. The summed E-state index contributed by atoms with van der Waals surface area (Å²) in [5, 5.41) is 11.9. The maximum Gasteiger partial charge on any atom is 0.269 e. The minimum absolute atomic E-state index is 0.211. The summed E-state index contributed by atoms with van der Waals surface area (Å²) >= 11 is 5.61. The molecule has 0 spiro atoms. The molecule has 0 aliphatic carbocycles. The van der Waals surface area contributed by atoms with Crippen LogP contribution < -0.4 is 5.32 Å². The Morgan fingerprint density at radius 3 is 2.93 bits per heavy atom. The van der Waals surface area contributed by atoms with Gasteiger partial charge in [0.25, 0.3) is 5.91 Å². The number of carbonyl (C=O) groups is 1. The lowest BCUT2D eigenvalue weighted by atomic mass is 10.3. The first-order valence-corrected chi connectivity index (χ1v) is 4.55. The highest BCUT2D eigenvalue weighted by molar-refractivity contribution is 6.30. The number of aromatic nitrogens is 1. The molecule has 76 valence electrons. The van der Waals surface area contributed by atoms with E-state index in [9.17, 15) is 4.79 Å². The molecule has 0 aliphatic heterocycles. The van der Waals surface area contributed by atoms with Gasteiger partial charge in [0.05, 0.1) is 11.1 Å². The molecular weight excluding hydrogens is 204 g/mol. The number of rotatable bonds is 3. The Labute approximate surface area is 86.9 Å². The molecule has 2 N–H and O–H groups in total. The monoisotopic (exact) mass is 214 g/mol. The molecule has 0 saturated carbocycles. The van der Waals surface area contributed by atoms with Gasteiger partial charge in [-0.1, -0.05) is 11.6 Å². The minimum Gasteiger partial charge on any atom is -0.392 e. The van der Waals surface area contributed by atoms with Gasteiger partial charge in [-0.05, 0) is 19.1 Å². The van der Waals surface area contributed by atoms with Crippen molar-refractivity contribution in [1.29, 1.82) is 0 Å². The largest absolute Gasteiger partial charge is 0.392 e. The lowest BCUT2D eigenvalue weighted by Gasteiger charge is -2.05. The van der Waals surface area contributed by atoms with Crippen LogP contribution in [0, 0.1) is 0 Å². The van der Waals surface area contributed by atoms with E-state index in [1.54, 1.807) is 13.0 Å². The van der Waals surface area contributed by atoms with Crippen LogP contribution in [0.4, 0.5) is 0 Å². The Hall–Kier alpha value is -1.13. The van der Waals surface area contributed by atoms with Crippen LogP contribution in [-0.4, -0.2) is 28.6 Å². The maximum atomic E-state index is 11.3. The van der Waals surface area contributed by atoms with Crippen molar-refractivity contribution in [2.24, 2.45) is 0 Å². The summed E-state index contributed by atoms with van der Waals surface area (Å²) in [7, 11) is 0. The molecule has 0 aliphatic rings. The van der Waals surface area contributed by atoms with Gasteiger partial charge in [-0.3, -0.25) is 4.79 Å². The molecule has 1 amide bonds. The first-order chi connectivity index (χ1) is 6.59. The van der Waals surface area contributed by atoms with Crippen LogP contribution in [0.5, 0.6) is 0 Å². The number of carbonyl (C=O) groups excluding carboxylic acids is 1. The van der Waals surface area contributed by atoms with Crippen LogP contribution >= 0.6 is 11.6 Å². The maximum absolute atomic E-state index is 11.3. The number of amides is 1. The molecule has 0 unspecified atom stereocenters. The van der Waals surface area contributed by atoms with Gasteiger partial charge in [-0.2, -0.15) is 0 Å². The van der Waals surface area contributed by atoms with Crippen molar-refractivity contribution in [3.8, 4) is 0 Å². The molecule has 1 heterocycles. The van der Waals surface area contributed by atoms with Gasteiger partial charge >= 0.3 is 0 Å². The summed E-state index contributed by atoms with van der Waals surface area (Å²) in [5.74, 6) is -0.317. The molecule has 1 aromatic rings. The minimum atomic E-state index is -0.564. The highest BCUT2D eigenvalue weighted by Gasteiger charge is 2.06. The van der Waals surface area contributed by atoms with E-state index in [1.807, 2.05) is 0 Å². The Balaban J connectivity index is 2.57. The van der Waals surface area contributed by atoms with E-state index < -0.39 is 6.10 Å². The molecule has 14 heavy (non-hydrogen) atoms. The molecule has 1 atom stereocenters. The number of aliphatic hydroxyl groups excluding tert-OH is 1. The third-order valence-electron chi connectivity index (χ3n) is 1.52. The zero-order valence-electron chi connectivity index (χ0n) is 7.70. The van der Waals surface area contributed by atoms with E-state index in [1.165, 1.54) is 12.3 Å². The molecule has 0 bridgehead atoms. The molecule has 5 heteroatoms. The van der Waals surface area contributed by atoms with Crippen LogP contribution in [0.15, 0.2) is 18.3 Å². The molecule has 0 saturated heterocycles. The zero-order valence-corrected chi connectivity index (χ0v) is 8.45. The van der Waals surface area contributed by atoms with Crippen LogP contribution in [0.1, 0.15) is 17.4 Å². The molecular formula is C9H11ClN2O2. The van der Waals surface area contributed by atoms with Crippen molar-refractivity contribution in [2.45, 2.75) is 13.0 Å². The van der Waals surface area contributed by atoms with E-state index in [4.69, 9.17) is 16.7 Å². The predicted molar refractivity (Wildman–Crippen MR) is 53.3 cm³/mol. The van der Waals surface area contributed by atoms with Crippen molar-refractivity contribution in [1.82, 2.24) is 10.3 Å². The van der Waals surface area contributed by atoms with E-state index in [0.717, 1.165) is 0 Å². The number of aliphatic hydroxyl groups is 1. The molecule has 1 rings (SSSR count). The predicted octanol–water partition coefficient (Wildman–Crippen LogP) is 0.846. The first kappa shape index (κ1) is 10.9. The van der Waals surface area contributed by atoms with E-state index in [0.29, 0.717) is 5.02 Å². The third kappa shape index (κ3) is 3.32. The highest BCUT2D eigenvalue weighted by Crippen LogP contribution is 2.05. The standard InChI is InChI=1S/C9H11ClN2O2/c1-6(13)4-12-9(14)8-3-2-7(10)5-11-8/h2-3,5-6,13H,4H2,1H3,(H,12,14)/t6-/m1/s1. The van der Waals surface area contributed by atoms with Gasteiger partial charge in [-0.25, -0.2) is 4.98 Å². The number of nitrogens with one attached hydrogen (secondary N) is 1. The Bertz CT molecular complexity index is 311. The SMILES string of the molecule is C[C@@H](O)CNC(=O)c1ccc(Cl)cn1. The number of hydrogen-bond donors (Lipinski definition) is 2. The van der Waals surface area contributed by atoms with Gasteiger partial charge in [0, 0.05) is 12.7 Å². The average molecular weight is 215 g/mol. The lowest BCUT2D eigenvalue weighted by molar-refractivity contribution is 0.0919. The molecule has 0 radical (unpaired) electrons. The van der Waals surface area contributed by atoms with E-state index >= 15 is 0 Å². The number of halogens is 1. The summed E-state index contributed by atoms with van der Waals surface area (Å²) in [6.45, 7) is 1.80. The molecule has 0 fully saturated rings. The Kier molecular flexibility index (Phi) is 3.85. The number of pyridine rings is 1. The number of hydrogen-bond acceptors (Lipinski definition) is 3. The number of nitrogens with zero attached hydrogens (tertiary/aromatic N) is 1. The fourth-order valence-corrected chi connectivity index (χ4v) is 0.953. The fraction of sp³-hybridized carbons (Fsp3) is 0.333. The van der Waals surface area contributed by atoms with Crippen molar-refractivity contribution in [3.63, 3.8) is 0 Å². The van der Waals surface area contributed by atoms with Crippen molar-refractivity contribution in [3.05, 3.63) is 29.0 Å². The van der Waals surface area contributed by atoms with Crippen LogP contribution in [0.2, 0.25) is 5.02 Å². The van der Waals surface area contributed by atoms with Gasteiger partial charge in [-0.15, -0.1) is 0 Å². The summed E-state index contributed by atoms with van der Waals surface area (Å²) in [6, 6.07) is 3.12. The quantitative estimate of drug-likeness (QED) is 0.784. The summed E-state index contributed by atoms with van der Waals surface area (Å²) in [4.78, 5) is 15.2. The second-order valence-electron chi connectivity index (χ2n) is 2.92. The van der Waals surface area contributed by atoms with Crippen molar-refractivity contribution in [2.75, 3.05) is 6.54 Å². The molecule has 4 nitrogen and oxygen atoms in total. The van der Waals surface area contributed by atoms with Crippen LogP contribution in [0.3, 0.4) is 0 Å². The van der Waals surface area contributed by atoms with Crippen molar-refractivity contribution >= 4 is 17.5 Å². The molecule has 1 aromatic heterocycles.